The second-order valence-corrected chi connectivity index (χ2v) is 16.9. The average Bonchev–Trinajstić information content (AvgIpc) is 2.96. The molecule has 2 aromatic carbocycles. The summed E-state index contributed by atoms with van der Waals surface area (Å²) < 4.78 is 14.5. The third-order valence-electron chi connectivity index (χ3n) is 9.89. The predicted octanol–water partition coefficient (Wildman–Crippen LogP) is 10.0. The van der Waals surface area contributed by atoms with Crippen molar-refractivity contribution in [1.29, 1.82) is 0 Å². The summed E-state index contributed by atoms with van der Waals surface area (Å²) in [5, 5.41) is 0. The Bertz CT molecular complexity index is 1530. The Morgan fingerprint density at radius 2 is 1.47 bits per heavy atom. The second kappa shape index (κ2) is 12.8. The van der Waals surface area contributed by atoms with Crippen molar-refractivity contribution in [3.63, 3.8) is 0 Å². The fraction of sp³-hybridized carbons (Fsp3) is 0.526. The summed E-state index contributed by atoms with van der Waals surface area (Å²) in [6, 6.07) is 12.5. The standard InChI is InChI=1S/C38H45BrINO4/c1-6-44-32-17-24(16-27(40)36(32)45-22-23-12-10-11-15-26(23)39)33-34-28(18-37(2,3)20-30(34)42)41(25-13-8-7-9-14-25)29-19-38(4,5)21-31(43)35(29)33/h10-12,15-17,25,33H,6-9,13-14,18-22H2,1-5H3. The molecular formula is C38H45BrINO4. The normalized spacial score (nSPS) is 22.0. The van der Waals surface area contributed by atoms with Gasteiger partial charge >= 0.3 is 0 Å². The molecule has 3 aliphatic carbocycles. The van der Waals surface area contributed by atoms with Gasteiger partial charge in [-0.1, -0.05) is 81.1 Å². The molecule has 0 aromatic heterocycles. The summed E-state index contributed by atoms with van der Waals surface area (Å²) in [7, 11) is 0. The van der Waals surface area contributed by atoms with E-state index in [1.54, 1.807) is 0 Å². The van der Waals surface area contributed by atoms with Crippen molar-refractivity contribution >= 4 is 50.1 Å². The summed E-state index contributed by atoms with van der Waals surface area (Å²) in [5.74, 6) is 1.30. The number of ether oxygens (including phenoxy) is 2. The highest BCUT2D eigenvalue weighted by molar-refractivity contribution is 14.1. The quantitative estimate of drug-likeness (QED) is 0.262. The number of hydrogen-bond donors (Lipinski definition) is 0. The first-order valence-corrected chi connectivity index (χ1v) is 18.4. The lowest BCUT2D eigenvalue weighted by molar-refractivity contribution is -0.119. The number of Topliss-reactive ketones (excluding diaryl/α,β-unsaturated/α-hetero) is 2. The Balaban J connectivity index is 1.52. The maximum absolute atomic E-state index is 14.3. The molecular weight excluding hydrogens is 741 g/mol. The van der Waals surface area contributed by atoms with Crippen molar-refractivity contribution in [1.82, 2.24) is 4.90 Å². The van der Waals surface area contributed by atoms with E-state index in [1.165, 1.54) is 30.7 Å². The Hall–Kier alpha value is -2.13. The van der Waals surface area contributed by atoms with Crippen molar-refractivity contribution in [3.05, 3.63) is 78.1 Å². The summed E-state index contributed by atoms with van der Waals surface area (Å²) >= 11 is 5.96. The van der Waals surface area contributed by atoms with Crippen LogP contribution < -0.4 is 9.47 Å². The molecule has 0 amide bonds. The van der Waals surface area contributed by atoms with Crippen molar-refractivity contribution in [2.45, 2.75) is 111 Å². The third kappa shape index (κ3) is 6.54. The van der Waals surface area contributed by atoms with E-state index < -0.39 is 5.92 Å². The Kier molecular flexibility index (Phi) is 9.34. The molecule has 240 valence electrons. The zero-order valence-electron chi connectivity index (χ0n) is 27.2. The van der Waals surface area contributed by atoms with E-state index in [9.17, 15) is 9.59 Å². The molecule has 45 heavy (non-hydrogen) atoms. The highest BCUT2D eigenvalue weighted by Gasteiger charge is 2.50. The van der Waals surface area contributed by atoms with Gasteiger partial charge in [-0.25, -0.2) is 0 Å². The van der Waals surface area contributed by atoms with E-state index in [4.69, 9.17) is 9.47 Å². The van der Waals surface area contributed by atoms with Crippen LogP contribution in [-0.2, 0) is 16.2 Å². The minimum Gasteiger partial charge on any atom is -0.490 e. The molecule has 0 N–H and O–H groups in total. The van der Waals surface area contributed by atoms with Crippen molar-refractivity contribution in [2.24, 2.45) is 10.8 Å². The lowest BCUT2D eigenvalue weighted by Crippen LogP contribution is -2.48. The molecule has 1 fully saturated rings. The van der Waals surface area contributed by atoms with Crippen LogP contribution in [0.4, 0.5) is 0 Å². The molecule has 0 bridgehead atoms. The number of allylic oxidation sites excluding steroid dienone is 4. The number of halogens is 2. The fourth-order valence-electron chi connectivity index (χ4n) is 8.03. The van der Waals surface area contributed by atoms with Crippen LogP contribution in [0.5, 0.6) is 11.5 Å². The van der Waals surface area contributed by atoms with Gasteiger partial charge in [0.25, 0.3) is 0 Å². The Morgan fingerprint density at radius 3 is 2.04 bits per heavy atom. The number of rotatable bonds is 7. The predicted molar refractivity (Wildman–Crippen MR) is 190 cm³/mol. The molecule has 1 heterocycles. The Morgan fingerprint density at radius 1 is 0.867 bits per heavy atom. The van der Waals surface area contributed by atoms with Crippen LogP contribution in [-0.4, -0.2) is 29.1 Å². The van der Waals surface area contributed by atoms with Gasteiger partial charge in [-0.2, -0.15) is 0 Å². The van der Waals surface area contributed by atoms with Crippen LogP contribution in [0.15, 0.2) is 63.4 Å². The van der Waals surface area contributed by atoms with E-state index >= 15 is 0 Å². The van der Waals surface area contributed by atoms with Gasteiger partial charge in [-0.15, -0.1) is 0 Å². The number of carbonyl (C=O) groups excluding carboxylic acids is 2. The largest absolute Gasteiger partial charge is 0.490 e. The van der Waals surface area contributed by atoms with Crippen molar-refractivity contribution in [2.75, 3.05) is 6.61 Å². The van der Waals surface area contributed by atoms with Crippen molar-refractivity contribution < 1.29 is 19.1 Å². The molecule has 0 unspecified atom stereocenters. The minimum atomic E-state index is -0.396. The van der Waals surface area contributed by atoms with E-state index in [0.29, 0.717) is 43.6 Å². The smallest absolute Gasteiger partial charge is 0.174 e. The maximum atomic E-state index is 14.3. The summed E-state index contributed by atoms with van der Waals surface area (Å²) in [5.41, 5.74) is 5.74. The third-order valence-corrected chi connectivity index (χ3v) is 11.5. The van der Waals surface area contributed by atoms with Gasteiger partial charge < -0.3 is 14.4 Å². The summed E-state index contributed by atoms with van der Waals surface area (Å²) in [4.78, 5) is 31.2. The second-order valence-electron chi connectivity index (χ2n) is 14.8. The highest BCUT2D eigenvalue weighted by atomic mass is 127. The molecule has 4 aliphatic rings. The topological polar surface area (TPSA) is 55.8 Å². The first-order chi connectivity index (χ1) is 21.4. The SMILES string of the molecule is CCOc1cc(C2C3=C(CC(C)(C)CC3=O)N(C3CCCCC3)C3=C2C(=O)CC(C)(C)C3)cc(I)c1OCc1ccccc1Br. The highest BCUT2D eigenvalue weighted by Crippen LogP contribution is 2.56. The lowest BCUT2D eigenvalue weighted by Gasteiger charge is -2.52. The van der Waals surface area contributed by atoms with Gasteiger partial charge in [0.15, 0.2) is 23.1 Å². The molecule has 2 aromatic rings. The number of ketones is 2. The average molecular weight is 787 g/mol. The molecule has 1 aliphatic heterocycles. The van der Waals surface area contributed by atoms with Gasteiger partial charge in [-0.05, 0) is 89.8 Å². The van der Waals surface area contributed by atoms with Crippen LogP contribution in [0.2, 0.25) is 0 Å². The fourth-order valence-corrected chi connectivity index (χ4v) is 9.21. The number of carbonyl (C=O) groups is 2. The first kappa shape index (κ1) is 32.8. The summed E-state index contributed by atoms with van der Waals surface area (Å²) in [6.45, 7) is 11.7. The lowest BCUT2D eigenvalue weighted by atomic mass is 9.63. The van der Waals surface area contributed by atoms with Gasteiger partial charge in [0.1, 0.15) is 6.61 Å². The van der Waals surface area contributed by atoms with Crippen LogP contribution in [0.25, 0.3) is 0 Å². The molecule has 0 radical (unpaired) electrons. The van der Waals surface area contributed by atoms with Gasteiger partial charge in [0.2, 0.25) is 0 Å². The van der Waals surface area contributed by atoms with Gasteiger partial charge in [0.05, 0.1) is 10.2 Å². The van der Waals surface area contributed by atoms with Crippen LogP contribution >= 0.6 is 38.5 Å². The first-order valence-electron chi connectivity index (χ1n) is 16.5. The number of benzene rings is 2. The monoisotopic (exact) mass is 785 g/mol. The zero-order valence-corrected chi connectivity index (χ0v) is 31.0. The van der Waals surface area contributed by atoms with E-state index in [2.05, 4.69) is 77.2 Å². The molecule has 0 saturated heterocycles. The van der Waals surface area contributed by atoms with Crippen LogP contribution in [0.1, 0.15) is 109 Å². The van der Waals surface area contributed by atoms with E-state index in [0.717, 1.165) is 56.0 Å². The van der Waals surface area contributed by atoms with Gasteiger partial charge in [-0.3, -0.25) is 9.59 Å². The Labute approximate surface area is 290 Å². The van der Waals surface area contributed by atoms with Crippen LogP contribution in [0, 0.1) is 14.4 Å². The molecule has 1 saturated carbocycles. The molecule has 7 heteroatoms. The molecule has 0 spiro atoms. The van der Waals surface area contributed by atoms with E-state index in [-0.39, 0.29) is 22.4 Å². The number of nitrogens with zero attached hydrogens (tertiary/aromatic N) is 1. The maximum Gasteiger partial charge on any atom is 0.174 e. The molecule has 0 atom stereocenters. The molecule has 5 nitrogen and oxygen atoms in total. The summed E-state index contributed by atoms with van der Waals surface area (Å²) in [6.07, 6.45) is 8.53. The zero-order chi connectivity index (χ0) is 32.1. The van der Waals surface area contributed by atoms with Crippen LogP contribution in [0.3, 0.4) is 0 Å². The number of hydrogen-bond acceptors (Lipinski definition) is 5. The molecule has 6 rings (SSSR count). The van der Waals surface area contributed by atoms with Crippen molar-refractivity contribution in [3.8, 4) is 11.5 Å². The van der Waals surface area contributed by atoms with Gasteiger partial charge in [0, 0.05) is 57.4 Å². The van der Waals surface area contributed by atoms with E-state index in [1.807, 2.05) is 37.3 Å². The minimum absolute atomic E-state index is 0.131.